The first-order chi connectivity index (χ1) is 11.5. The van der Waals surface area contributed by atoms with Gasteiger partial charge in [0.15, 0.2) is 0 Å². The highest BCUT2D eigenvalue weighted by atomic mass is 35.5. The number of phenolic OH excluding ortho intramolecular Hbond substituents is 1. The molecule has 0 aromatic heterocycles. The molecule has 0 atom stereocenters. The molecule has 0 aliphatic carbocycles. The van der Waals surface area contributed by atoms with E-state index < -0.39 is 10.0 Å². The van der Waals surface area contributed by atoms with Crippen molar-refractivity contribution in [2.45, 2.75) is 52.4 Å². The van der Waals surface area contributed by atoms with Crippen LogP contribution in [-0.2, 0) is 10.0 Å². The van der Waals surface area contributed by atoms with Crippen LogP contribution in [0.25, 0.3) is 0 Å². The van der Waals surface area contributed by atoms with Crippen molar-refractivity contribution in [1.29, 1.82) is 0 Å². The molecule has 6 heteroatoms. The second-order valence-corrected chi connectivity index (χ2v) is 8.79. The monoisotopic (exact) mass is 381 g/mol. The van der Waals surface area contributed by atoms with Gasteiger partial charge in [0.25, 0.3) is 10.0 Å². The van der Waals surface area contributed by atoms with Gasteiger partial charge in [-0.2, -0.15) is 0 Å². The summed E-state index contributed by atoms with van der Waals surface area (Å²) in [6.45, 7) is 11.0. The SMILES string of the molecule is Cc1cc(C)c(S(=O)(=O)Nc2cc(C(C)C)c(O)c(Cl)c2C)c(C)c1. The standard InChI is InChI=1S/C19H24ClNO3S/c1-10(2)15-9-16(14(6)17(20)18(15)22)21-25(23,24)19-12(4)7-11(3)8-13(19)5/h7-10,21-22H,1-6H3. The van der Waals surface area contributed by atoms with E-state index in [1.807, 2.05) is 32.9 Å². The summed E-state index contributed by atoms with van der Waals surface area (Å²) in [5.41, 5.74) is 3.87. The molecule has 0 spiro atoms. The van der Waals surface area contributed by atoms with E-state index in [4.69, 9.17) is 11.6 Å². The predicted molar refractivity (Wildman–Crippen MR) is 103 cm³/mol. The average Bonchev–Trinajstić information content (AvgIpc) is 2.45. The highest BCUT2D eigenvalue weighted by Crippen LogP contribution is 2.40. The zero-order valence-corrected chi connectivity index (χ0v) is 16.9. The Bertz CT molecular complexity index is 911. The Kier molecular flexibility index (Phi) is 5.40. The molecule has 0 saturated heterocycles. The van der Waals surface area contributed by atoms with Crippen LogP contribution in [0.3, 0.4) is 0 Å². The van der Waals surface area contributed by atoms with Crippen molar-refractivity contribution in [2.75, 3.05) is 4.72 Å². The minimum absolute atomic E-state index is 0.000174. The molecule has 4 nitrogen and oxygen atoms in total. The van der Waals surface area contributed by atoms with Crippen LogP contribution in [0.2, 0.25) is 5.02 Å². The zero-order chi connectivity index (χ0) is 19.1. The lowest BCUT2D eigenvalue weighted by atomic mass is 9.99. The maximum absolute atomic E-state index is 13.0. The number of sulfonamides is 1. The van der Waals surface area contributed by atoms with Gasteiger partial charge >= 0.3 is 0 Å². The lowest BCUT2D eigenvalue weighted by Gasteiger charge is -2.19. The maximum atomic E-state index is 13.0. The number of hydrogen-bond acceptors (Lipinski definition) is 3. The Morgan fingerprint density at radius 1 is 1.04 bits per heavy atom. The van der Waals surface area contributed by atoms with Crippen LogP contribution in [0, 0.1) is 27.7 Å². The van der Waals surface area contributed by atoms with Crippen molar-refractivity contribution >= 4 is 27.3 Å². The first kappa shape index (κ1) is 19.6. The van der Waals surface area contributed by atoms with E-state index >= 15 is 0 Å². The topological polar surface area (TPSA) is 66.4 Å². The third kappa shape index (κ3) is 3.77. The number of phenols is 1. The largest absolute Gasteiger partial charge is 0.506 e. The first-order valence-electron chi connectivity index (χ1n) is 8.08. The summed E-state index contributed by atoms with van der Waals surface area (Å²) in [5.74, 6) is 0.00372. The van der Waals surface area contributed by atoms with Crippen molar-refractivity contribution in [3.63, 3.8) is 0 Å². The molecule has 0 aliphatic heterocycles. The van der Waals surface area contributed by atoms with Gasteiger partial charge in [-0.25, -0.2) is 8.42 Å². The van der Waals surface area contributed by atoms with Crippen LogP contribution < -0.4 is 4.72 Å². The van der Waals surface area contributed by atoms with Crippen LogP contribution in [0.15, 0.2) is 23.1 Å². The van der Waals surface area contributed by atoms with Crippen LogP contribution >= 0.6 is 11.6 Å². The number of aryl methyl sites for hydroxylation is 3. The molecular weight excluding hydrogens is 358 g/mol. The summed E-state index contributed by atoms with van der Waals surface area (Å²) >= 11 is 6.21. The average molecular weight is 382 g/mol. The number of aromatic hydroxyl groups is 1. The molecule has 0 bridgehead atoms. The Hall–Kier alpha value is -1.72. The second-order valence-electron chi connectivity index (χ2n) is 6.79. The van der Waals surface area contributed by atoms with Crippen molar-refractivity contribution in [1.82, 2.24) is 0 Å². The fourth-order valence-corrected chi connectivity index (χ4v) is 4.87. The van der Waals surface area contributed by atoms with Gasteiger partial charge in [0.2, 0.25) is 0 Å². The number of nitrogens with one attached hydrogen (secondary N) is 1. The normalized spacial score (nSPS) is 11.8. The highest BCUT2D eigenvalue weighted by molar-refractivity contribution is 7.92. The van der Waals surface area contributed by atoms with E-state index in [0.717, 1.165) is 5.56 Å². The fraction of sp³-hybridized carbons (Fsp3) is 0.368. The van der Waals surface area contributed by atoms with Crippen LogP contribution in [0.4, 0.5) is 5.69 Å². The van der Waals surface area contributed by atoms with Gasteiger partial charge < -0.3 is 5.11 Å². The van der Waals surface area contributed by atoms with E-state index in [1.54, 1.807) is 26.8 Å². The minimum Gasteiger partial charge on any atom is -0.506 e. The Labute approximate surface area is 154 Å². The van der Waals surface area contributed by atoms with Gasteiger partial charge in [0, 0.05) is 5.56 Å². The van der Waals surface area contributed by atoms with E-state index in [1.165, 1.54) is 0 Å². The second kappa shape index (κ2) is 6.89. The van der Waals surface area contributed by atoms with Crippen LogP contribution in [0.1, 0.15) is 47.6 Å². The van der Waals surface area contributed by atoms with E-state index in [0.29, 0.717) is 27.9 Å². The molecule has 0 unspecified atom stereocenters. The zero-order valence-electron chi connectivity index (χ0n) is 15.4. The molecule has 2 aromatic rings. The van der Waals surface area contributed by atoms with E-state index in [2.05, 4.69) is 4.72 Å². The molecule has 0 saturated carbocycles. The van der Waals surface area contributed by atoms with Gasteiger partial charge in [-0.05, 0) is 56.4 Å². The van der Waals surface area contributed by atoms with Gasteiger partial charge in [-0.1, -0.05) is 43.1 Å². The van der Waals surface area contributed by atoms with E-state index in [9.17, 15) is 13.5 Å². The third-order valence-corrected chi connectivity index (χ3v) is 6.39. The van der Waals surface area contributed by atoms with Gasteiger partial charge in [0.1, 0.15) is 5.75 Å². The van der Waals surface area contributed by atoms with Crippen molar-refractivity contribution in [3.05, 3.63) is 51.0 Å². The van der Waals surface area contributed by atoms with Crippen LogP contribution in [0.5, 0.6) is 5.75 Å². The summed E-state index contributed by atoms with van der Waals surface area (Å²) in [6.07, 6.45) is 0. The number of rotatable bonds is 4. The van der Waals surface area contributed by atoms with E-state index in [-0.39, 0.29) is 21.6 Å². The number of halogens is 1. The summed E-state index contributed by atoms with van der Waals surface area (Å²) in [4.78, 5) is 0.271. The molecule has 0 radical (unpaired) electrons. The molecule has 0 heterocycles. The maximum Gasteiger partial charge on any atom is 0.262 e. The number of benzene rings is 2. The fourth-order valence-electron chi connectivity index (χ4n) is 3.09. The smallest absolute Gasteiger partial charge is 0.262 e. The predicted octanol–water partition coefficient (Wildman–Crippen LogP) is 5.20. The molecule has 0 aliphatic rings. The lowest BCUT2D eigenvalue weighted by molar-refractivity contribution is 0.465. The van der Waals surface area contributed by atoms with Gasteiger partial charge in [0.05, 0.1) is 15.6 Å². The summed E-state index contributed by atoms with van der Waals surface area (Å²) in [7, 11) is -3.78. The minimum atomic E-state index is -3.78. The molecule has 2 N–H and O–H groups in total. The number of anilines is 1. The molecule has 2 aromatic carbocycles. The number of hydrogen-bond donors (Lipinski definition) is 2. The molecular formula is C19H24ClNO3S. The van der Waals surface area contributed by atoms with Crippen molar-refractivity contribution < 1.29 is 13.5 Å². The third-order valence-electron chi connectivity index (χ3n) is 4.25. The van der Waals surface area contributed by atoms with Gasteiger partial charge in [-0.15, -0.1) is 0 Å². The Balaban J connectivity index is 2.60. The lowest BCUT2D eigenvalue weighted by Crippen LogP contribution is -2.17. The molecule has 0 fully saturated rings. The Morgan fingerprint density at radius 3 is 2.04 bits per heavy atom. The quantitative estimate of drug-likeness (QED) is 0.715. The first-order valence-corrected chi connectivity index (χ1v) is 9.94. The summed E-state index contributed by atoms with van der Waals surface area (Å²) in [6, 6.07) is 5.34. The van der Waals surface area contributed by atoms with Gasteiger partial charge in [-0.3, -0.25) is 4.72 Å². The summed E-state index contributed by atoms with van der Waals surface area (Å²) < 4.78 is 28.6. The molecule has 136 valence electrons. The van der Waals surface area contributed by atoms with Crippen molar-refractivity contribution in [2.24, 2.45) is 0 Å². The molecule has 25 heavy (non-hydrogen) atoms. The molecule has 2 rings (SSSR count). The highest BCUT2D eigenvalue weighted by Gasteiger charge is 2.23. The van der Waals surface area contributed by atoms with Crippen LogP contribution in [-0.4, -0.2) is 13.5 Å². The van der Waals surface area contributed by atoms with Crippen molar-refractivity contribution in [3.8, 4) is 5.75 Å². The Morgan fingerprint density at radius 2 is 1.56 bits per heavy atom. The molecule has 0 amide bonds. The summed E-state index contributed by atoms with van der Waals surface area (Å²) in [5, 5.41) is 10.4.